The molecular formula is C18H22O2S2. The Morgan fingerprint density at radius 2 is 1.00 bits per heavy atom. The molecular weight excluding hydrogens is 312 g/mol. The first-order chi connectivity index (χ1) is 10.5. The van der Waals surface area contributed by atoms with Crippen molar-refractivity contribution in [2.45, 2.75) is 24.3 Å². The van der Waals surface area contributed by atoms with Gasteiger partial charge in [0.2, 0.25) is 0 Å². The van der Waals surface area contributed by atoms with E-state index in [4.69, 9.17) is 9.47 Å². The normalized spacial score (nSPS) is 13.5. The lowest BCUT2D eigenvalue weighted by Gasteiger charge is -2.10. The third-order valence-electron chi connectivity index (χ3n) is 3.02. The summed E-state index contributed by atoms with van der Waals surface area (Å²) < 4.78 is 11.3. The molecule has 0 aliphatic heterocycles. The third kappa shape index (κ3) is 5.50. The smallest absolute Gasteiger partial charge is 0.119 e. The summed E-state index contributed by atoms with van der Waals surface area (Å²) in [4.78, 5) is 0. The maximum atomic E-state index is 5.63. The van der Waals surface area contributed by atoms with E-state index in [-0.39, 0.29) is 10.5 Å². The topological polar surface area (TPSA) is 18.5 Å². The van der Waals surface area contributed by atoms with Crippen LogP contribution in [-0.4, -0.2) is 23.7 Å². The van der Waals surface area contributed by atoms with E-state index in [1.165, 1.54) is 0 Å². The van der Waals surface area contributed by atoms with E-state index in [0.717, 1.165) is 22.6 Å². The van der Waals surface area contributed by atoms with Crippen molar-refractivity contribution in [2.24, 2.45) is 0 Å². The summed E-state index contributed by atoms with van der Waals surface area (Å²) in [7, 11) is 0. The molecule has 22 heavy (non-hydrogen) atoms. The number of rotatable bonds is 7. The van der Waals surface area contributed by atoms with E-state index in [1.54, 1.807) is 0 Å². The second-order valence-electron chi connectivity index (χ2n) is 5.37. The number of ether oxygens (including phenoxy) is 2. The summed E-state index contributed by atoms with van der Waals surface area (Å²) in [6.07, 6.45) is 0. The van der Waals surface area contributed by atoms with Crippen molar-refractivity contribution in [1.82, 2.24) is 0 Å². The van der Waals surface area contributed by atoms with Crippen LogP contribution in [0.3, 0.4) is 0 Å². The zero-order chi connectivity index (χ0) is 15.9. The Kier molecular flexibility index (Phi) is 6.52. The molecule has 4 heteroatoms. The lowest BCUT2D eigenvalue weighted by molar-refractivity contribution is 0.322. The molecule has 0 spiro atoms. The van der Waals surface area contributed by atoms with Gasteiger partial charge in [0, 0.05) is 10.5 Å². The predicted molar refractivity (Wildman–Crippen MR) is 99.8 cm³/mol. The molecule has 0 amide bonds. The van der Waals surface area contributed by atoms with Crippen molar-refractivity contribution in [3.8, 4) is 22.6 Å². The molecule has 0 aliphatic rings. The Labute approximate surface area is 143 Å². The average Bonchev–Trinajstić information content (AvgIpc) is 2.52. The van der Waals surface area contributed by atoms with Gasteiger partial charge in [-0.3, -0.25) is 0 Å². The summed E-state index contributed by atoms with van der Waals surface area (Å²) in [6, 6.07) is 16.2. The Morgan fingerprint density at radius 3 is 1.27 bits per heavy atom. The van der Waals surface area contributed by atoms with E-state index in [1.807, 2.05) is 38.1 Å². The van der Waals surface area contributed by atoms with Crippen LogP contribution in [0.25, 0.3) is 11.1 Å². The van der Waals surface area contributed by atoms with Crippen molar-refractivity contribution in [2.75, 3.05) is 13.2 Å². The first kappa shape index (κ1) is 17.1. The van der Waals surface area contributed by atoms with Crippen LogP contribution in [0.5, 0.6) is 11.5 Å². The van der Waals surface area contributed by atoms with Crippen molar-refractivity contribution < 1.29 is 9.47 Å². The highest BCUT2D eigenvalue weighted by Crippen LogP contribution is 2.25. The average molecular weight is 335 g/mol. The van der Waals surface area contributed by atoms with Gasteiger partial charge < -0.3 is 9.47 Å². The Bertz CT molecular complexity index is 509. The zero-order valence-electron chi connectivity index (χ0n) is 12.9. The number of benzene rings is 2. The third-order valence-corrected chi connectivity index (χ3v) is 3.32. The van der Waals surface area contributed by atoms with Gasteiger partial charge in [-0.15, -0.1) is 0 Å². The largest absolute Gasteiger partial charge is 0.492 e. The van der Waals surface area contributed by atoms with Crippen LogP contribution in [0.15, 0.2) is 48.5 Å². The Morgan fingerprint density at radius 1 is 0.682 bits per heavy atom. The highest BCUT2D eigenvalue weighted by Gasteiger charge is 2.02. The van der Waals surface area contributed by atoms with Crippen molar-refractivity contribution in [3.05, 3.63) is 48.5 Å². The van der Waals surface area contributed by atoms with Crippen LogP contribution in [0.2, 0.25) is 0 Å². The van der Waals surface area contributed by atoms with Crippen molar-refractivity contribution in [3.63, 3.8) is 0 Å². The number of thiol groups is 2. The molecule has 0 aliphatic carbocycles. The second-order valence-corrected chi connectivity index (χ2v) is 7.13. The van der Waals surface area contributed by atoms with Gasteiger partial charge in [0.25, 0.3) is 0 Å². The first-order valence-electron chi connectivity index (χ1n) is 7.37. The quantitative estimate of drug-likeness (QED) is 0.712. The minimum atomic E-state index is 0.229. The molecule has 2 atom stereocenters. The Balaban J connectivity index is 1.99. The van der Waals surface area contributed by atoms with Gasteiger partial charge in [-0.2, -0.15) is 25.3 Å². The zero-order valence-corrected chi connectivity index (χ0v) is 14.7. The van der Waals surface area contributed by atoms with Gasteiger partial charge in [-0.25, -0.2) is 0 Å². The summed E-state index contributed by atoms with van der Waals surface area (Å²) in [5, 5.41) is 0.458. The molecule has 2 rings (SSSR count). The van der Waals surface area contributed by atoms with Crippen LogP contribution >= 0.6 is 25.3 Å². The number of hydrogen-bond acceptors (Lipinski definition) is 4. The van der Waals surface area contributed by atoms with Crippen LogP contribution in [-0.2, 0) is 0 Å². The SMILES string of the molecule is CC(S)COc1ccc(-c2ccc(OCC(C)S)cc2)cc1. The molecule has 0 radical (unpaired) electrons. The lowest BCUT2D eigenvalue weighted by Crippen LogP contribution is -2.07. The van der Waals surface area contributed by atoms with E-state index >= 15 is 0 Å². The van der Waals surface area contributed by atoms with Gasteiger partial charge in [0.1, 0.15) is 11.5 Å². The molecule has 2 nitrogen and oxygen atoms in total. The molecule has 0 N–H and O–H groups in total. The van der Waals surface area contributed by atoms with E-state index in [0.29, 0.717) is 13.2 Å². The minimum Gasteiger partial charge on any atom is -0.492 e. The summed E-state index contributed by atoms with van der Waals surface area (Å²) in [5.74, 6) is 1.74. The maximum absolute atomic E-state index is 5.63. The molecule has 0 saturated heterocycles. The van der Waals surface area contributed by atoms with E-state index in [2.05, 4.69) is 49.5 Å². The van der Waals surface area contributed by atoms with Gasteiger partial charge in [-0.1, -0.05) is 38.1 Å². The van der Waals surface area contributed by atoms with Gasteiger partial charge in [0.15, 0.2) is 0 Å². The van der Waals surface area contributed by atoms with Crippen LogP contribution in [0, 0.1) is 0 Å². The molecule has 2 unspecified atom stereocenters. The molecule has 2 aromatic rings. The van der Waals surface area contributed by atoms with E-state index in [9.17, 15) is 0 Å². The van der Waals surface area contributed by atoms with Gasteiger partial charge >= 0.3 is 0 Å². The van der Waals surface area contributed by atoms with Crippen LogP contribution in [0.1, 0.15) is 13.8 Å². The van der Waals surface area contributed by atoms with Crippen molar-refractivity contribution >= 4 is 25.3 Å². The molecule has 0 fully saturated rings. The molecule has 118 valence electrons. The predicted octanol–water partition coefficient (Wildman–Crippen LogP) is 4.75. The fraction of sp³-hybridized carbons (Fsp3) is 0.333. The first-order valence-corrected chi connectivity index (χ1v) is 8.40. The summed E-state index contributed by atoms with van der Waals surface area (Å²) in [5.41, 5.74) is 2.31. The van der Waals surface area contributed by atoms with Gasteiger partial charge in [0.05, 0.1) is 13.2 Å². The molecule has 0 bridgehead atoms. The fourth-order valence-corrected chi connectivity index (χ4v) is 2.07. The second kappa shape index (κ2) is 8.39. The highest BCUT2D eigenvalue weighted by molar-refractivity contribution is 7.81. The monoisotopic (exact) mass is 334 g/mol. The molecule has 0 saturated carbocycles. The molecule has 0 heterocycles. The fourth-order valence-electron chi connectivity index (χ4n) is 1.92. The number of hydrogen-bond donors (Lipinski definition) is 2. The Hall–Kier alpha value is -1.26. The highest BCUT2D eigenvalue weighted by atomic mass is 32.1. The lowest BCUT2D eigenvalue weighted by atomic mass is 10.1. The standard InChI is InChI=1S/C18H22O2S2/c1-13(21)11-19-17-7-3-15(4-8-17)16-5-9-18(10-6-16)20-12-14(2)22/h3-10,13-14,21-22H,11-12H2,1-2H3. The molecule has 2 aromatic carbocycles. The molecule has 0 aromatic heterocycles. The van der Waals surface area contributed by atoms with Crippen molar-refractivity contribution in [1.29, 1.82) is 0 Å². The minimum absolute atomic E-state index is 0.229. The maximum Gasteiger partial charge on any atom is 0.119 e. The summed E-state index contributed by atoms with van der Waals surface area (Å²) >= 11 is 8.61. The van der Waals surface area contributed by atoms with Crippen LogP contribution in [0.4, 0.5) is 0 Å². The van der Waals surface area contributed by atoms with Crippen LogP contribution < -0.4 is 9.47 Å². The van der Waals surface area contributed by atoms with E-state index < -0.39 is 0 Å². The van der Waals surface area contributed by atoms with Gasteiger partial charge in [-0.05, 0) is 35.4 Å². The summed E-state index contributed by atoms with van der Waals surface area (Å²) in [6.45, 7) is 5.24.